The summed E-state index contributed by atoms with van der Waals surface area (Å²) >= 11 is 0. The summed E-state index contributed by atoms with van der Waals surface area (Å²) in [6, 6.07) is 10.4. The third kappa shape index (κ3) is 5.62. The molecule has 1 heterocycles. The van der Waals surface area contributed by atoms with Crippen molar-refractivity contribution in [2.75, 3.05) is 19.9 Å². The molecule has 2 aromatic rings. The average molecular weight is 436 g/mol. The van der Waals surface area contributed by atoms with E-state index in [2.05, 4.69) is 10.0 Å². The smallest absolute Gasteiger partial charge is 0.251 e. The van der Waals surface area contributed by atoms with E-state index in [0.717, 1.165) is 0 Å². The van der Waals surface area contributed by atoms with Gasteiger partial charge in [-0.25, -0.2) is 13.1 Å². The maximum Gasteiger partial charge on any atom is 0.251 e. The normalized spacial score (nSPS) is 13.9. The first-order valence-electron chi connectivity index (χ1n) is 9.36. The van der Waals surface area contributed by atoms with Crippen molar-refractivity contribution >= 4 is 15.9 Å². The van der Waals surface area contributed by atoms with E-state index in [-0.39, 0.29) is 36.4 Å². The van der Waals surface area contributed by atoms with Gasteiger partial charge in [0.25, 0.3) is 5.91 Å². The zero-order valence-corrected chi connectivity index (χ0v) is 17.4. The first-order valence-corrected chi connectivity index (χ1v) is 10.8. The number of carbonyl (C=O) groups is 1. The number of aliphatic hydroxyl groups excluding tert-OH is 1. The lowest BCUT2D eigenvalue weighted by Gasteiger charge is -2.14. The molecular weight excluding hydrogens is 412 g/mol. The summed E-state index contributed by atoms with van der Waals surface area (Å²) in [7, 11) is -3.62. The van der Waals surface area contributed by atoms with Crippen LogP contribution in [0.1, 0.15) is 24.2 Å². The molecule has 162 valence electrons. The molecule has 0 bridgehead atoms. The molecule has 1 atom stereocenters. The van der Waals surface area contributed by atoms with Crippen LogP contribution in [0.4, 0.5) is 0 Å². The lowest BCUT2D eigenvalue weighted by atomic mass is 10.2. The van der Waals surface area contributed by atoms with E-state index in [4.69, 9.17) is 14.2 Å². The Morgan fingerprint density at radius 1 is 1.13 bits per heavy atom. The Morgan fingerprint density at radius 2 is 1.83 bits per heavy atom. The van der Waals surface area contributed by atoms with Crippen LogP contribution in [-0.2, 0) is 10.0 Å². The molecule has 0 saturated carbocycles. The van der Waals surface area contributed by atoms with E-state index < -0.39 is 22.0 Å². The first-order chi connectivity index (χ1) is 14.2. The van der Waals surface area contributed by atoms with Gasteiger partial charge in [-0.1, -0.05) is 0 Å². The Labute approximate surface area is 175 Å². The van der Waals surface area contributed by atoms with Crippen LogP contribution in [0.25, 0.3) is 0 Å². The quantitative estimate of drug-likeness (QED) is 0.541. The van der Waals surface area contributed by atoms with Gasteiger partial charge in [0.2, 0.25) is 16.8 Å². The average Bonchev–Trinajstić information content (AvgIpc) is 3.17. The fourth-order valence-electron chi connectivity index (χ4n) is 2.69. The SMILES string of the molecule is CC(C)NS(=O)(=O)c1ccc(C(=O)NCC(O)COc2ccc3c(c2)OCO3)cc1. The monoisotopic (exact) mass is 436 g/mol. The maximum absolute atomic E-state index is 12.2. The van der Waals surface area contributed by atoms with Crippen LogP contribution in [0.3, 0.4) is 0 Å². The van der Waals surface area contributed by atoms with Gasteiger partial charge in [0.05, 0.1) is 4.90 Å². The van der Waals surface area contributed by atoms with Crippen molar-refractivity contribution in [3.63, 3.8) is 0 Å². The third-order valence-electron chi connectivity index (χ3n) is 4.10. The van der Waals surface area contributed by atoms with E-state index in [1.54, 1.807) is 32.0 Å². The zero-order chi connectivity index (χ0) is 21.7. The number of hydrogen-bond donors (Lipinski definition) is 3. The van der Waals surface area contributed by atoms with Crippen LogP contribution in [0.2, 0.25) is 0 Å². The van der Waals surface area contributed by atoms with Gasteiger partial charge in [-0.2, -0.15) is 0 Å². The highest BCUT2D eigenvalue weighted by atomic mass is 32.2. The van der Waals surface area contributed by atoms with Crippen molar-refractivity contribution in [2.45, 2.75) is 30.9 Å². The largest absolute Gasteiger partial charge is 0.491 e. The van der Waals surface area contributed by atoms with Crippen LogP contribution < -0.4 is 24.2 Å². The highest BCUT2D eigenvalue weighted by Crippen LogP contribution is 2.35. The Balaban J connectivity index is 1.47. The molecular formula is C20H24N2O7S. The summed E-state index contributed by atoms with van der Waals surface area (Å²) < 4.78 is 42.7. The summed E-state index contributed by atoms with van der Waals surface area (Å²) in [5, 5.41) is 12.6. The van der Waals surface area contributed by atoms with Crippen molar-refractivity contribution < 1.29 is 32.5 Å². The molecule has 0 aliphatic carbocycles. The van der Waals surface area contributed by atoms with Gasteiger partial charge in [0.15, 0.2) is 11.5 Å². The number of nitrogens with one attached hydrogen (secondary N) is 2. The van der Waals surface area contributed by atoms with Crippen LogP contribution >= 0.6 is 0 Å². The molecule has 3 rings (SSSR count). The van der Waals surface area contributed by atoms with Crippen molar-refractivity contribution in [1.29, 1.82) is 0 Å². The molecule has 1 aliphatic heterocycles. The fraction of sp³-hybridized carbons (Fsp3) is 0.350. The van der Waals surface area contributed by atoms with Crippen molar-refractivity contribution in [1.82, 2.24) is 10.0 Å². The number of rotatable bonds is 9. The molecule has 1 aliphatic rings. The first kappa shape index (κ1) is 21.9. The summed E-state index contributed by atoms with van der Waals surface area (Å²) in [6.45, 7) is 3.55. The van der Waals surface area contributed by atoms with Gasteiger partial charge in [0, 0.05) is 24.2 Å². The molecule has 0 fully saturated rings. The Bertz CT molecular complexity index is 991. The lowest BCUT2D eigenvalue weighted by Crippen LogP contribution is -2.35. The van der Waals surface area contributed by atoms with E-state index in [1.807, 2.05) is 0 Å². The van der Waals surface area contributed by atoms with E-state index in [1.165, 1.54) is 24.3 Å². The predicted octanol–water partition coefficient (Wildman–Crippen LogP) is 1.27. The molecule has 1 amide bonds. The second-order valence-corrected chi connectivity index (χ2v) is 8.70. The van der Waals surface area contributed by atoms with E-state index in [9.17, 15) is 18.3 Å². The van der Waals surface area contributed by atoms with E-state index >= 15 is 0 Å². The topological polar surface area (TPSA) is 123 Å². The summed E-state index contributed by atoms with van der Waals surface area (Å²) in [5.74, 6) is 1.28. The predicted molar refractivity (Wildman–Crippen MR) is 108 cm³/mol. The van der Waals surface area contributed by atoms with E-state index in [0.29, 0.717) is 17.2 Å². The van der Waals surface area contributed by atoms with Crippen molar-refractivity contribution in [3.05, 3.63) is 48.0 Å². The van der Waals surface area contributed by atoms with Gasteiger partial charge in [-0.05, 0) is 50.2 Å². The number of amides is 1. The Hall–Kier alpha value is -2.82. The number of sulfonamides is 1. The highest BCUT2D eigenvalue weighted by Gasteiger charge is 2.17. The second-order valence-electron chi connectivity index (χ2n) is 6.99. The van der Waals surface area contributed by atoms with Crippen LogP contribution in [0.5, 0.6) is 17.2 Å². The Kier molecular flexibility index (Phi) is 6.80. The molecule has 9 nitrogen and oxygen atoms in total. The minimum atomic E-state index is -3.62. The van der Waals surface area contributed by atoms with Crippen LogP contribution in [0, 0.1) is 0 Å². The van der Waals surface area contributed by atoms with Gasteiger partial charge in [-0.3, -0.25) is 4.79 Å². The molecule has 0 radical (unpaired) electrons. The van der Waals surface area contributed by atoms with Gasteiger partial charge >= 0.3 is 0 Å². The Morgan fingerprint density at radius 3 is 2.53 bits per heavy atom. The van der Waals surface area contributed by atoms with Gasteiger partial charge in [0.1, 0.15) is 18.5 Å². The highest BCUT2D eigenvalue weighted by molar-refractivity contribution is 7.89. The maximum atomic E-state index is 12.2. The summed E-state index contributed by atoms with van der Waals surface area (Å²) in [4.78, 5) is 12.3. The lowest BCUT2D eigenvalue weighted by molar-refractivity contribution is 0.0843. The standard InChI is InChI=1S/C20H24N2O7S/c1-13(2)22-30(25,26)17-6-3-14(4-7-17)20(24)21-10-15(23)11-27-16-5-8-18-19(9-16)29-12-28-18/h3-9,13,15,22-23H,10-12H2,1-2H3,(H,21,24). The number of hydrogen-bond acceptors (Lipinski definition) is 7. The molecule has 2 aromatic carbocycles. The summed E-state index contributed by atoms with van der Waals surface area (Å²) in [6.07, 6.45) is -0.936. The fourth-order valence-corrected chi connectivity index (χ4v) is 3.95. The molecule has 0 saturated heterocycles. The number of fused-ring (bicyclic) bond motifs is 1. The molecule has 30 heavy (non-hydrogen) atoms. The van der Waals surface area contributed by atoms with Crippen LogP contribution in [0.15, 0.2) is 47.4 Å². The number of ether oxygens (including phenoxy) is 3. The molecule has 10 heteroatoms. The number of carbonyl (C=O) groups excluding carboxylic acids is 1. The number of benzene rings is 2. The van der Waals surface area contributed by atoms with Crippen molar-refractivity contribution in [2.24, 2.45) is 0 Å². The zero-order valence-electron chi connectivity index (χ0n) is 16.6. The molecule has 0 spiro atoms. The van der Waals surface area contributed by atoms with Crippen LogP contribution in [-0.4, -0.2) is 51.5 Å². The second kappa shape index (κ2) is 9.33. The summed E-state index contributed by atoms with van der Waals surface area (Å²) in [5.41, 5.74) is 0.280. The van der Waals surface area contributed by atoms with Gasteiger partial charge in [-0.15, -0.1) is 0 Å². The molecule has 3 N–H and O–H groups in total. The third-order valence-corrected chi connectivity index (χ3v) is 5.78. The van der Waals surface area contributed by atoms with Crippen molar-refractivity contribution in [3.8, 4) is 17.2 Å². The molecule has 1 unspecified atom stereocenters. The minimum absolute atomic E-state index is 0.0294. The van der Waals surface area contributed by atoms with Gasteiger partial charge < -0.3 is 24.6 Å². The number of aliphatic hydroxyl groups is 1. The minimum Gasteiger partial charge on any atom is -0.491 e. The molecule has 0 aromatic heterocycles.